The molecule has 2 rings (SSSR count). The highest BCUT2D eigenvalue weighted by Gasteiger charge is 2.19. The molecule has 0 saturated heterocycles. The van der Waals surface area contributed by atoms with Gasteiger partial charge in [-0.1, -0.05) is 25.1 Å². The first-order valence-electron chi connectivity index (χ1n) is 7.62. The molecule has 23 heavy (non-hydrogen) atoms. The maximum atomic E-state index is 12.5. The van der Waals surface area contributed by atoms with Crippen molar-refractivity contribution in [3.8, 4) is 0 Å². The van der Waals surface area contributed by atoms with Crippen LogP contribution >= 0.6 is 0 Å². The third-order valence-corrected chi connectivity index (χ3v) is 5.27. The molecule has 0 aliphatic heterocycles. The van der Waals surface area contributed by atoms with Gasteiger partial charge in [-0.15, -0.1) is 0 Å². The molecule has 1 atom stereocenters. The lowest BCUT2D eigenvalue weighted by Gasteiger charge is -2.15. The zero-order valence-electron chi connectivity index (χ0n) is 13.4. The molecule has 0 bridgehead atoms. The lowest BCUT2D eigenvalue weighted by atomic mass is 10.0. The van der Waals surface area contributed by atoms with Gasteiger partial charge >= 0.3 is 0 Å². The number of nitrogens with zero attached hydrogens (tertiary/aromatic N) is 2. The van der Waals surface area contributed by atoms with E-state index in [0.29, 0.717) is 17.7 Å². The first kappa shape index (κ1) is 17.7. The van der Waals surface area contributed by atoms with Crippen LogP contribution in [0.4, 0.5) is 0 Å². The molecule has 0 fully saturated rings. The molecular formula is C16H23N3O3S. The Morgan fingerprint density at radius 2 is 2.09 bits per heavy atom. The van der Waals surface area contributed by atoms with E-state index in [9.17, 15) is 13.5 Å². The van der Waals surface area contributed by atoms with Crippen LogP contribution in [0.25, 0.3) is 0 Å². The van der Waals surface area contributed by atoms with Gasteiger partial charge in [-0.25, -0.2) is 13.1 Å². The number of nitrogens with one attached hydrogen (secondary N) is 1. The van der Waals surface area contributed by atoms with Gasteiger partial charge in [0.25, 0.3) is 0 Å². The fraction of sp³-hybridized carbons (Fsp3) is 0.438. The average molecular weight is 337 g/mol. The Morgan fingerprint density at radius 1 is 1.35 bits per heavy atom. The van der Waals surface area contributed by atoms with Crippen LogP contribution < -0.4 is 4.72 Å². The lowest BCUT2D eigenvalue weighted by Crippen LogP contribution is -2.32. The lowest BCUT2D eigenvalue weighted by molar-refractivity contribution is 0.227. The summed E-state index contributed by atoms with van der Waals surface area (Å²) < 4.78 is 29.3. The fourth-order valence-electron chi connectivity index (χ4n) is 2.48. The highest BCUT2D eigenvalue weighted by molar-refractivity contribution is 7.89. The maximum Gasteiger partial charge on any atom is 0.240 e. The van der Waals surface area contributed by atoms with Gasteiger partial charge in [0.15, 0.2) is 0 Å². The summed E-state index contributed by atoms with van der Waals surface area (Å²) in [5.74, 6) is -0.192. The first-order valence-corrected chi connectivity index (χ1v) is 9.10. The van der Waals surface area contributed by atoms with E-state index in [0.717, 1.165) is 11.1 Å². The van der Waals surface area contributed by atoms with Crippen molar-refractivity contribution in [1.29, 1.82) is 0 Å². The summed E-state index contributed by atoms with van der Waals surface area (Å²) >= 11 is 0. The molecule has 2 aromatic rings. The molecule has 1 aromatic heterocycles. The van der Waals surface area contributed by atoms with Crippen LogP contribution in [0.1, 0.15) is 18.1 Å². The molecule has 0 spiro atoms. The number of aromatic nitrogens is 2. The number of sulfonamides is 1. The van der Waals surface area contributed by atoms with Gasteiger partial charge in [-0.05, 0) is 36.0 Å². The van der Waals surface area contributed by atoms with E-state index in [2.05, 4.69) is 9.82 Å². The molecule has 1 aromatic carbocycles. The topological polar surface area (TPSA) is 84.2 Å². The van der Waals surface area contributed by atoms with Crippen molar-refractivity contribution in [2.45, 2.75) is 24.7 Å². The van der Waals surface area contributed by atoms with Gasteiger partial charge in [0.2, 0.25) is 10.0 Å². The van der Waals surface area contributed by atoms with E-state index >= 15 is 0 Å². The minimum atomic E-state index is -3.58. The van der Waals surface area contributed by atoms with Gasteiger partial charge < -0.3 is 5.11 Å². The molecular weight excluding hydrogens is 314 g/mol. The summed E-state index contributed by atoms with van der Waals surface area (Å²) in [5.41, 5.74) is 1.76. The predicted octanol–water partition coefficient (Wildman–Crippen LogP) is 1.11. The van der Waals surface area contributed by atoms with E-state index in [4.69, 9.17) is 0 Å². The Balaban J connectivity index is 2.05. The predicted molar refractivity (Wildman–Crippen MR) is 88.5 cm³/mol. The standard InChI is InChI=1S/C16H23N3O3S/c1-3-15-6-4-5-7-16(15)23(21,22)18-10-14(12-20)8-13-9-17-19(2)11-13/h4-7,9,11,14,18,20H,3,8,10,12H2,1-2H3/t14-/m0/s1. The highest BCUT2D eigenvalue weighted by Crippen LogP contribution is 2.16. The fourth-order valence-corrected chi connectivity index (χ4v) is 3.90. The number of hydrogen-bond acceptors (Lipinski definition) is 4. The molecule has 0 radical (unpaired) electrons. The number of rotatable bonds is 8. The molecule has 0 aliphatic rings. The van der Waals surface area contributed by atoms with E-state index in [1.807, 2.05) is 32.3 Å². The molecule has 2 N–H and O–H groups in total. The summed E-state index contributed by atoms with van der Waals surface area (Å²) in [4.78, 5) is 0.306. The second kappa shape index (κ2) is 7.72. The Hall–Kier alpha value is -1.70. The second-order valence-corrected chi connectivity index (χ2v) is 7.32. The zero-order chi connectivity index (χ0) is 16.9. The number of aliphatic hydroxyl groups excluding tert-OH is 1. The quantitative estimate of drug-likeness (QED) is 0.756. The van der Waals surface area contributed by atoms with E-state index in [1.165, 1.54) is 0 Å². The Bertz CT molecular complexity index is 741. The largest absolute Gasteiger partial charge is 0.396 e. The van der Waals surface area contributed by atoms with E-state index in [1.54, 1.807) is 23.0 Å². The molecule has 0 unspecified atom stereocenters. The van der Waals surface area contributed by atoms with Gasteiger partial charge in [-0.3, -0.25) is 4.68 Å². The third-order valence-electron chi connectivity index (χ3n) is 3.75. The molecule has 6 nitrogen and oxygen atoms in total. The summed E-state index contributed by atoms with van der Waals surface area (Å²) in [6, 6.07) is 6.97. The van der Waals surface area contributed by atoms with Crippen molar-refractivity contribution in [3.63, 3.8) is 0 Å². The molecule has 0 saturated carbocycles. The molecule has 126 valence electrons. The van der Waals surface area contributed by atoms with E-state index < -0.39 is 10.0 Å². The molecule has 0 amide bonds. The highest BCUT2D eigenvalue weighted by atomic mass is 32.2. The average Bonchev–Trinajstić information content (AvgIpc) is 2.96. The second-order valence-electron chi connectivity index (χ2n) is 5.59. The normalized spacial score (nSPS) is 13.2. The summed E-state index contributed by atoms with van der Waals surface area (Å²) in [5, 5.41) is 13.6. The number of benzene rings is 1. The van der Waals surface area contributed by atoms with Crippen molar-refractivity contribution >= 4 is 10.0 Å². The summed E-state index contributed by atoms with van der Waals surface area (Å²) in [6.07, 6.45) is 4.81. The van der Waals surface area contributed by atoms with Gasteiger partial charge in [0.05, 0.1) is 11.1 Å². The van der Waals surface area contributed by atoms with Crippen molar-refractivity contribution in [2.24, 2.45) is 13.0 Å². The summed E-state index contributed by atoms with van der Waals surface area (Å²) in [7, 11) is -1.76. The van der Waals surface area contributed by atoms with Crippen molar-refractivity contribution < 1.29 is 13.5 Å². The molecule has 7 heteroatoms. The number of aryl methyl sites for hydroxylation is 2. The van der Waals surface area contributed by atoms with Crippen LogP contribution in [-0.4, -0.2) is 36.5 Å². The van der Waals surface area contributed by atoms with Crippen LogP contribution in [0.3, 0.4) is 0 Å². The molecule has 0 aliphatic carbocycles. The number of aliphatic hydroxyl groups is 1. The molecule has 1 heterocycles. The minimum Gasteiger partial charge on any atom is -0.396 e. The van der Waals surface area contributed by atoms with Crippen LogP contribution in [0.15, 0.2) is 41.6 Å². The van der Waals surface area contributed by atoms with Crippen LogP contribution in [-0.2, 0) is 29.9 Å². The SMILES string of the molecule is CCc1ccccc1S(=O)(=O)NC[C@@H](CO)Cc1cnn(C)c1. The first-order chi connectivity index (χ1) is 11.0. The summed E-state index contributed by atoms with van der Waals surface area (Å²) in [6.45, 7) is 2.02. The van der Waals surface area contributed by atoms with Crippen LogP contribution in [0.2, 0.25) is 0 Å². The van der Waals surface area contributed by atoms with Gasteiger partial charge in [-0.2, -0.15) is 5.10 Å². The van der Waals surface area contributed by atoms with Crippen molar-refractivity contribution in [2.75, 3.05) is 13.2 Å². The minimum absolute atomic E-state index is 0.0904. The Morgan fingerprint density at radius 3 is 2.70 bits per heavy atom. The van der Waals surface area contributed by atoms with Crippen molar-refractivity contribution in [3.05, 3.63) is 47.8 Å². The third kappa shape index (κ3) is 4.63. The smallest absolute Gasteiger partial charge is 0.240 e. The monoisotopic (exact) mass is 337 g/mol. The van der Waals surface area contributed by atoms with Crippen LogP contribution in [0, 0.1) is 5.92 Å². The van der Waals surface area contributed by atoms with Gasteiger partial charge in [0, 0.05) is 26.4 Å². The maximum absolute atomic E-state index is 12.5. The Labute approximate surface area is 137 Å². The van der Waals surface area contributed by atoms with Gasteiger partial charge in [0.1, 0.15) is 0 Å². The Kier molecular flexibility index (Phi) is 5.92. The zero-order valence-corrected chi connectivity index (χ0v) is 14.3. The van der Waals surface area contributed by atoms with Crippen molar-refractivity contribution in [1.82, 2.24) is 14.5 Å². The van der Waals surface area contributed by atoms with E-state index in [-0.39, 0.29) is 19.1 Å². The van der Waals surface area contributed by atoms with Crippen LogP contribution in [0.5, 0.6) is 0 Å². The number of hydrogen-bond donors (Lipinski definition) is 2.